The van der Waals surface area contributed by atoms with Crippen LogP contribution < -0.4 is 10.2 Å². The summed E-state index contributed by atoms with van der Waals surface area (Å²) < 4.78 is 39.3. The van der Waals surface area contributed by atoms with E-state index in [1.807, 2.05) is 36.4 Å². The van der Waals surface area contributed by atoms with Crippen molar-refractivity contribution >= 4 is 34.3 Å². The number of hydrogen-bond acceptors (Lipinski definition) is 3. The molecular formula is C26H22F3N3O3. The number of amides is 4. The van der Waals surface area contributed by atoms with Crippen LogP contribution in [0.3, 0.4) is 0 Å². The molecule has 5 rings (SSSR count). The van der Waals surface area contributed by atoms with Gasteiger partial charge in [0, 0.05) is 12.2 Å². The van der Waals surface area contributed by atoms with Gasteiger partial charge in [0.15, 0.2) is 0 Å². The second-order valence-corrected chi connectivity index (χ2v) is 9.00. The van der Waals surface area contributed by atoms with Crippen molar-refractivity contribution in [1.29, 1.82) is 0 Å². The van der Waals surface area contributed by atoms with Gasteiger partial charge >= 0.3 is 12.2 Å². The Kier molecular flexibility index (Phi) is 5.30. The van der Waals surface area contributed by atoms with Crippen LogP contribution >= 0.6 is 0 Å². The molecule has 0 aliphatic carbocycles. The third-order valence-corrected chi connectivity index (χ3v) is 6.72. The summed E-state index contributed by atoms with van der Waals surface area (Å²) in [5.41, 5.74) is -0.738. The molecule has 1 unspecified atom stereocenters. The van der Waals surface area contributed by atoms with E-state index < -0.39 is 41.7 Å². The number of alkyl halides is 3. The fraction of sp³-hybridized carbons (Fsp3) is 0.269. The van der Waals surface area contributed by atoms with E-state index >= 15 is 0 Å². The number of benzene rings is 3. The number of carbonyl (C=O) groups is 3. The lowest BCUT2D eigenvalue weighted by atomic mass is 9.90. The maximum atomic E-state index is 13.3. The Morgan fingerprint density at radius 2 is 1.77 bits per heavy atom. The molecule has 2 heterocycles. The van der Waals surface area contributed by atoms with Gasteiger partial charge in [-0.1, -0.05) is 36.4 Å². The maximum Gasteiger partial charge on any atom is 0.416 e. The number of hydrogen-bond donors (Lipinski definition) is 1. The summed E-state index contributed by atoms with van der Waals surface area (Å²) in [5.74, 6) is -1.09. The molecule has 2 aliphatic heterocycles. The summed E-state index contributed by atoms with van der Waals surface area (Å²) in [6.45, 7) is 1.38. The highest BCUT2D eigenvalue weighted by Gasteiger charge is 2.50. The van der Waals surface area contributed by atoms with Crippen LogP contribution in [0.15, 0.2) is 60.7 Å². The van der Waals surface area contributed by atoms with E-state index in [-0.39, 0.29) is 0 Å². The third kappa shape index (κ3) is 3.90. The highest BCUT2D eigenvalue weighted by atomic mass is 19.4. The number of carbonyl (C=O) groups excluding carboxylic acids is 3. The molecular weight excluding hydrogens is 459 g/mol. The van der Waals surface area contributed by atoms with Gasteiger partial charge in [-0.3, -0.25) is 14.5 Å². The summed E-state index contributed by atoms with van der Waals surface area (Å²) in [5, 5.41) is 4.60. The van der Waals surface area contributed by atoms with E-state index in [2.05, 4.69) is 5.32 Å². The fourth-order valence-corrected chi connectivity index (χ4v) is 4.79. The lowest BCUT2D eigenvalue weighted by Crippen LogP contribution is -2.46. The van der Waals surface area contributed by atoms with Gasteiger partial charge in [-0.25, -0.2) is 4.79 Å². The SMILES string of the molecule is CC1(c2ccc3ccccc3c2)NC(=O)N(CC(=O)N2CCCc3cc(C(F)(F)F)ccc32)C1=O. The van der Waals surface area contributed by atoms with Gasteiger partial charge in [0.2, 0.25) is 5.91 Å². The predicted octanol–water partition coefficient (Wildman–Crippen LogP) is 4.61. The molecule has 0 spiro atoms. The van der Waals surface area contributed by atoms with Gasteiger partial charge in [-0.2, -0.15) is 13.2 Å². The van der Waals surface area contributed by atoms with Crippen molar-refractivity contribution in [3.8, 4) is 0 Å². The van der Waals surface area contributed by atoms with Gasteiger partial charge in [0.25, 0.3) is 5.91 Å². The number of urea groups is 1. The van der Waals surface area contributed by atoms with Crippen LogP contribution in [-0.2, 0) is 27.7 Å². The first-order chi connectivity index (χ1) is 16.6. The predicted molar refractivity (Wildman–Crippen MR) is 124 cm³/mol. The molecule has 1 fully saturated rings. The second-order valence-electron chi connectivity index (χ2n) is 9.00. The second kappa shape index (κ2) is 8.11. The largest absolute Gasteiger partial charge is 0.416 e. The summed E-state index contributed by atoms with van der Waals surface area (Å²) >= 11 is 0. The minimum absolute atomic E-state index is 0.294. The summed E-state index contributed by atoms with van der Waals surface area (Å²) in [6.07, 6.45) is -3.59. The van der Waals surface area contributed by atoms with Gasteiger partial charge in [-0.15, -0.1) is 0 Å². The van der Waals surface area contributed by atoms with Crippen LogP contribution in [0, 0.1) is 0 Å². The molecule has 9 heteroatoms. The number of nitrogens with zero attached hydrogens (tertiary/aromatic N) is 2. The van der Waals surface area contributed by atoms with Crippen molar-refractivity contribution in [2.45, 2.75) is 31.5 Å². The van der Waals surface area contributed by atoms with Gasteiger partial charge in [0.1, 0.15) is 12.1 Å². The molecule has 0 bridgehead atoms. The van der Waals surface area contributed by atoms with Crippen LogP contribution in [0.5, 0.6) is 0 Å². The monoisotopic (exact) mass is 481 g/mol. The summed E-state index contributed by atoms with van der Waals surface area (Å²) in [4.78, 5) is 41.5. The molecule has 35 heavy (non-hydrogen) atoms. The van der Waals surface area contributed by atoms with E-state index in [1.165, 1.54) is 11.0 Å². The zero-order chi connectivity index (χ0) is 25.0. The highest BCUT2D eigenvalue weighted by Crippen LogP contribution is 2.36. The van der Waals surface area contributed by atoms with E-state index in [1.54, 1.807) is 13.0 Å². The molecule has 1 atom stereocenters. The molecule has 4 amide bonds. The number of anilines is 1. The van der Waals surface area contributed by atoms with Crippen molar-refractivity contribution in [2.24, 2.45) is 0 Å². The molecule has 0 saturated carbocycles. The number of imide groups is 1. The minimum atomic E-state index is -4.48. The Labute approximate surface area is 199 Å². The van der Waals surface area contributed by atoms with Crippen molar-refractivity contribution in [1.82, 2.24) is 10.2 Å². The van der Waals surface area contributed by atoms with Crippen LogP contribution in [0.4, 0.5) is 23.7 Å². The number of nitrogens with one attached hydrogen (secondary N) is 1. The van der Waals surface area contributed by atoms with Gasteiger partial charge < -0.3 is 10.2 Å². The van der Waals surface area contributed by atoms with Crippen LogP contribution in [0.1, 0.15) is 30.0 Å². The van der Waals surface area contributed by atoms with Crippen molar-refractivity contribution in [3.05, 3.63) is 77.4 Å². The quantitative estimate of drug-likeness (QED) is 0.556. The van der Waals surface area contributed by atoms with Crippen LogP contribution in [-0.4, -0.2) is 35.8 Å². The Morgan fingerprint density at radius 3 is 2.51 bits per heavy atom. The first-order valence-corrected chi connectivity index (χ1v) is 11.2. The average Bonchev–Trinajstić information content (AvgIpc) is 3.06. The number of halogens is 3. The Morgan fingerprint density at radius 1 is 1.03 bits per heavy atom. The smallest absolute Gasteiger partial charge is 0.319 e. The zero-order valence-corrected chi connectivity index (χ0v) is 18.9. The normalized spacial score (nSPS) is 20.2. The lowest BCUT2D eigenvalue weighted by Gasteiger charge is -2.31. The molecule has 0 aromatic heterocycles. The van der Waals surface area contributed by atoms with Crippen LogP contribution in [0.25, 0.3) is 10.8 Å². The molecule has 1 saturated heterocycles. The molecule has 0 radical (unpaired) electrons. The van der Waals surface area contributed by atoms with Crippen LogP contribution in [0.2, 0.25) is 0 Å². The van der Waals surface area contributed by atoms with E-state index in [9.17, 15) is 27.6 Å². The third-order valence-electron chi connectivity index (χ3n) is 6.72. The first-order valence-electron chi connectivity index (χ1n) is 11.2. The lowest BCUT2D eigenvalue weighted by molar-refractivity contribution is -0.137. The van der Waals surface area contributed by atoms with Gasteiger partial charge in [-0.05, 0) is 65.9 Å². The number of aryl methyl sites for hydroxylation is 1. The standard InChI is InChI=1S/C26H22F3N3O3/c1-25(19-9-8-16-5-2-3-6-17(16)13-19)23(34)32(24(35)30-25)15-22(33)31-12-4-7-18-14-20(26(27,28)29)10-11-21(18)31/h2-3,5-6,8-11,13-14H,4,7,12,15H2,1H3,(H,30,35). The zero-order valence-electron chi connectivity index (χ0n) is 18.9. The Balaban J connectivity index is 1.39. The van der Waals surface area contributed by atoms with E-state index in [4.69, 9.17) is 0 Å². The van der Waals surface area contributed by atoms with Gasteiger partial charge in [0.05, 0.1) is 5.56 Å². The number of rotatable bonds is 3. The Bertz CT molecular complexity index is 1370. The van der Waals surface area contributed by atoms with Crippen molar-refractivity contribution in [2.75, 3.05) is 18.0 Å². The topological polar surface area (TPSA) is 69.7 Å². The summed E-state index contributed by atoms with van der Waals surface area (Å²) in [7, 11) is 0. The van der Waals surface area contributed by atoms with E-state index in [0.29, 0.717) is 36.2 Å². The summed E-state index contributed by atoms with van der Waals surface area (Å²) in [6, 6.07) is 15.7. The molecule has 6 nitrogen and oxygen atoms in total. The highest BCUT2D eigenvalue weighted by molar-refractivity contribution is 6.11. The Hall–Kier alpha value is -3.88. The molecule has 180 valence electrons. The average molecular weight is 481 g/mol. The number of fused-ring (bicyclic) bond motifs is 2. The minimum Gasteiger partial charge on any atom is -0.319 e. The maximum absolute atomic E-state index is 13.3. The molecule has 3 aromatic rings. The van der Waals surface area contributed by atoms with E-state index in [0.717, 1.165) is 27.8 Å². The van der Waals surface area contributed by atoms with Crippen molar-refractivity contribution in [3.63, 3.8) is 0 Å². The van der Waals surface area contributed by atoms with Crippen molar-refractivity contribution < 1.29 is 27.6 Å². The molecule has 1 N–H and O–H groups in total. The fourth-order valence-electron chi connectivity index (χ4n) is 4.79. The molecule has 3 aromatic carbocycles. The first kappa shape index (κ1) is 22.9. The molecule has 2 aliphatic rings.